The third-order valence-electron chi connectivity index (χ3n) is 3.54. The summed E-state index contributed by atoms with van der Waals surface area (Å²) in [6.45, 7) is 0.259. The second kappa shape index (κ2) is 5.69. The van der Waals surface area contributed by atoms with Crippen molar-refractivity contribution in [1.82, 2.24) is 10.0 Å². The van der Waals surface area contributed by atoms with Gasteiger partial charge in [0.25, 0.3) is 5.91 Å². The topological polar surface area (TPSA) is 53.4 Å². The summed E-state index contributed by atoms with van der Waals surface area (Å²) < 4.78 is 14.8. The molecule has 0 bridgehead atoms. The lowest BCUT2D eigenvalue weighted by atomic mass is 9.94. The van der Waals surface area contributed by atoms with Crippen LogP contribution in [0.15, 0.2) is 30.6 Å². The van der Waals surface area contributed by atoms with Gasteiger partial charge in [-0.25, -0.2) is 9.45 Å². The minimum absolute atomic E-state index is 0.259. The Morgan fingerprint density at radius 2 is 2.14 bits per heavy atom. The zero-order valence-corrected chi connectivity index (χ0v) is 13.2. The van der Waals surface area contributed by atoms with Crippen molar-refractivity contribution in [3.05, 3.63) is 62.2 Å². The van der Waals surface area contributed by atoms with Gasteiger partial charge < -0.3 is 0 Å². The number of hydrogen-bond acceptors (Lipinski definition) is 3. The molecule has 108 valence electrons. The molecule has 0 saturated carbocycles. The van der Waals surface area contributed by atoms with Crippen LogP contribution in [0.5, 0.6) is 0 Å². The molecule has 0 radical (unpaired) electrons. The van der Waals surface area contributed by atoms with Crippen LogP contribution in [0.1, 0.15) is 27.0 Å². The quantitative estimate of drug-likeness (QED) is 0.626. The van der Waals surface area contributed by atoms with Crippen LogP contribution in [0.25, 0.3) is 0 Å². The summed E-state index contributed by atoms with van der Waals surface area (Å²) in [4.78, 5) is 16.2. The van der Waals surface area contributed by atoms with Crippen LogP contribution in [0.2, 0.25) is 0 Å². The van der Waals surface area contributed by atoms with E-state index in [4.69, 9.17) is 0 Å². The summed E-state index contributed by atoms with van der Waals surface area (Å²) in [5, 5.41) is 10.3. The zero-order valence-electron chi connectivity index (χ0n) is 11.0. The maximum absolute atomic E-state index is 14.0. The van der Waals surface area contributed by atoms with Gasteiger partial charge in [0.15, 0.2) is 0 Å². The standard InChI is InChI=1S/C15H12FIN2O2/c16-13-6-12(17)2-1-9(13)5-11-8-18-7-10-3-4-19(21)15(20)14(10)11/h1-2,6-8,21H,3-5H2. The lowest BCUT2D eigenvalue weighted by molar-refractivity contribution is -0.0603. The Balaban J connectivity index is 2.02. The Morgan fingerprint density at radius 3 is 2.90 bits per heavy atom. The molecule has 0 spiro atoms. The monoisotopic (exact) mass is 398 g/mol. The fourth-order valence-corrected chi connectivity index (χ4v) is 2.93. The largest absolute Gasteiger partial charge is 0.286 e. The van der Waals surface area contributed by atoms with E-state index in [-0.39, 0.29) is 18.8 Å². The molecule has 6 heteroatoms. The molecule has 0 aliphatic carbocycles. The van der Waals surface area contributed by atoms with Crippen molar-refractivity contribution in [2.24, 2.45) is 0 Å². The number of nitrogens with zero attached hydrogens (tertiary/aromatic N) is 2. The van der Waals surface area contributed by atoms with Gasteiger partial charge >= 0.3 is 0 Å². The number of hydrogen-bond donors (Lipinski definition) is 1. The lowest BCUT2D eigenvalue weighted by Gasteiger charge is -2.24. The Morgan fingerprint density at radius 1 is 1.33 bits per heavy atom. The van der Waals surface area contributed by atoms with Crippen LogP contribution < -0.4 is 0 Å². The second-order valence-corrected chi connectivity index (χ2v) is 6.17. The normalized spacial score (nSPS) is 14.2. The van der Waals surface area contributed by atoms with E-state index in [0.717, 1.165) is 9.13 Å². The number of benzene rings is 1. The first-order valence-corrected chi connectivity index (χ1v) is 7.54. The van der Waals surface area contributed by atoms with Crippen LogP contribution in [0.4, 0.5) is 4.39 Å². The van der Waals surface area contributed by atoms with Crippen LogP contribution in [0.3, 0.4) is 0 Å². The Bertz CT molecular complexity index is 721. The summed E-state index contributed by atoms with van der Waals surface area (Å²) >= 11 is 2.05. The molecule has 4 nitrogen and oxygen atoms in total. The maximum atomic E-state index is 14.0. The van der Waals surface area contributed by atoms with E-state index < -0.39 is 5.91 Å². The maximum Gasteiger partial charge on any atom is 0.277 e. The lowest BCUT2D eigenvalue weighted by Crippen LogP contribution is -2.35. The number of hydroxylamine groups is 2. The third-order valence-corrected chi connectivity index (χ3v) is 4.21. The van der Waals surface area contributed by atoms with Gasteiger partial charge in [-0.05, 0) is 57.8 Å². The average Bonchev–Trinajstić information content (AvgIpc) is 2.46. The fraction of sp³-hybridized carbons (Fsp3) is 0.200. The van der Waals surface area contributed by atoms with E-state index in [0.29, 0.717) is 28.2 Å². The van der Waals surface area contributed by atoms with Crippen molar-refractivity contribution >= 4 is 28.5 Å². The summed E-state index contributed by atoms with van der Waals surface area (Å²) in [5.74, 6) is -0.747. The van der Waals surface area contributed by atoms with E-state index in [2.05, 4.69) is 4.98 Å². The van der Waals surface area contributed by atoms with Crippen molar-refractivity contribution in [1.29, 1.82) is 0 Å². The van der Waals surface area contributed by atoms with Gasteiger partial charge in [-0.15, -0.1) is 0 Å². The molecule has 0 atom stereocenters. The first kappa shape index (κ1) is 14.4. The predicted octanol–water partition coefficient (Wildman–Crippen LogP) is 2.80. The van der Waals surface area contributed by atoms with Crippen molar-refractivity contribution < 1.29 is 14.4 Å². The summed E-state index contributed by atoms with van der Waals surface area (Å²) in [5.41, 5.74) is 2.38. The highest BCUT2D eigenvalue weighted by Crippen LogP contribution is 2.24. The van der Waals surface area contributed by atoms with E-state index in [1.807, 2.05) is 28.7 Å². The van der Waals surface area contributed by atoms with Crippen molar-refractivity contribution in [3.8, 4) is 0 Å². The summed E-state index contributed by atoms with van der Waals surface area (Å²) in [7, 11) is 0. The molecular formula is C15H12FIN2O2. The highest BCUT2D eigenvalue weighted by Gasteiger charge is 2.26. The number of halogens is 2. The molecule has 1 aromatic carbocycles. The van der Waals surface area contributed by atoms with Crippen molar-refractivity contribution in [2.45, 2.75) is 12.8 Å². The average molecular weight is 398 g/mol. The number of carbonyl (C=O) groups is 1. The molecule has 1 aliphatic heterocycles. The van der Waals surface area contributed by atoms with Gasteiger partial charge in [0, 0.05) is 22.4 Å². The predicted molar refractivity (Wildman–Crippen MR) is 82.7 cm³/mol. The van der Waals surface area contributed by atoms with Gasteiger partial charge in [0.05, 0.1) is 12.1 Å². The van der Waals surface area contributed by atoms with Crippen LogP contribution >= 0.6 is 22.6 Å². The Kier molecular flexibility index (Phi) is 3.90. The third kappa shape index (κ3) is 2.77. The molecule has 1 N–H and O–H groups in total. The highest BCUT2D eigenvalue weighted by molar-refractivity contribution is 14.1. The molecule has 3 rings (SSSR count). The second-order valence-electron chi connectivity index (χ2n) is 4.92. The molecule has 0 saturated heterocycles. The van der Waals surface area contributed by atoms with Gasteiger partial charge in [0.2, 0.25) is 0 Å². The molecule has 21 heavy (non-hydrogen) atoms. The molecule has 1 aromatic heterocycles. The molecular weight excluding hydrogens is 386 g/mol. The van der Waals surface area contributed by atoms with E-state index in [1.54, 1.807) is 18.5 Å². The number of pyridine rings is 1. The molecule has 2 aromatic rings. The minimum atomic E-state index is -0.445. The first-order valence-electron chi connectivity index (χ1n) is 6.46. The molecule has 1 amide bonds. The Labute approximate surface area is 134 Å². The molecule has 2 heterocycles. The number of rotatable bonds is 2. The number of fused-ring (bicyclic) bond motifs is 1. The first-order chi connectivity index (χ1) is 10.1. The fourth-order valence-electron chi connectivity index (χ4n) is 2.48. The smallest absolute Gasteiger partial charge is 0.277 e. The minimum Gasteiger partial charge on any atom is -0.286 e. The zero-order chi connectivity index (χ0) is 15.0. The molecule has 1 aliphatic rings. The Hall–Kier alpha value is -1.54. The van der Waals surface area contributed by atoms with Gasteiger partial charge in [-0.2, -0.15) is 0 Å². The SMILES string of the molecule is O=C1c2c(cncc2Cc2ccc(I)cc2F)CCN1O. The number of aromatic nitrogens is 1. The van der Waals surface area contributed by atoms with Gasteiger partial charge in [-0.1, -0.05) is 6.07 Å². The summed E-state index contributed by atoms with van der Waals surface area (Å²) in [6.07, 6.45) is 4.02. The molecule has 0 unspecified atom stereocenters. The van der Waals surface area contributed by atoms with E-state index in [9.17, 15) is 14.4 Å². The summed E-state index contributed by atoms with van der Waals surface area (Å²) in [6, 6.07) is 4.99. The van der Waals surface area contributed by atoms with Crippen LogP contribution in [-0.4, -0.2) is 27.7 Å². The van der Waals surface area contributed by atoms with Crippen LogP contribution in [-0.2, 0) is 12.8 Å². The van der Waals surface area contributed by atoms with Gasteiger partial charge in [0.1, 0.15) is 5.82 Å². The van der Waals surface area contributed by atoms with Crippen molar-refractivity contribution in [3.63, 3.8) is 0 Å². The highest BCUT2D eigenvalue weighted by atomic mass is 127. The van der Waals surface area contributed by atoms with Crippen molar-refractivity contribution in [2.75, 3.05) is 6.54 Å². The van der Waals surface area contributed by atoms with E-state index >= 15 is 0 Å². The number of amides is 1. The number of carbonyl (C=O) groups excluding carboxylic acids is 1. The molecule has 0 fully saturated rings. The van der Waals surface area contributed by atoms with E-state index in [1.165, 1.54) is 6.07 Å². The van der Waals surface area contributed by atoms with Gasteiger partial charge in [-0.3, -0.25) is 15.0 Å². The van der Waals surface area contributed by atoms with Crippen LogP contribution in [0, 0.1) is 9.39 Å².